The molecule has 40 heavy (non-hydrogen) atoms. The number of fused-ring (bicyclic) bond motifs is 3. The minimum atomic E-state index is -1.14. The van der Waals surface area contributed by atoms with Gasteiger partial charge in [-0.3, -0.25) is 9.58 Å². The zero-order valence-electron chi connectivity index (χ0n) is 23.5. The highest BCUT2D eigenvalue weighted by molar-refractivity contribution is 6.76. The van der Waals surface area contributed by atoms with Crippen molar-refractivity contribution in [2.75, 3.05) is 19.7 Å². The summed E-state index contributed by atoms with van der Waals surface area (Å²) < 4.78 is 9.92. The van der Waals surface area contributed by atoms with Gasteiger partial charge in [0.2, 0.25) is 0 Å². The van der Waals surface area contributed by atoms with Crippen molar-refractivity contribution in [2.45, 2.75) is 88.2 Å². The molecule has 3 aliphatic rings. The van der Waals surface area contributed by atoms with Crippen LogP contribution in [0.4, 0.5) is 4.79 Å². The van der Waals surface area contributed by atoms with Crippen LogP contribution < -0.4 is 0 Å². The Bertz CT molecular complexity index is 1420. The van der Waals surface area contributed by atoms with Crippen LogP contribution in [0.2, 0.25) is 25.7 Å². The Kier molecular flexibility index (Phi) is 6.92. The van der Waals surface area contributed by atoms with E-state index in [0.29, 0.717) is 19.2 Å². The molecule has 11 nitrogen and oxygen atoms in total. The molecule has 0 aliphatic carbocycles. The fourth-order valence-corrected chi connectivity index (χ4v) is 7.55. The molecule has 1 N–H and O–H groups in total. The third kappa shape index (κ3) is 4.91. The molecule has 0 radical (unpaired) electrons. The van der Waals surface area contributed by atoms with Gasteiger partial charge in [0.25, 0.3) is 0 Å². The zero-order chi connectivity index (χ0) is 28.1. The average molecular weight is 563 g/mol. The number of aromatic nitrogens is 5. The van der Waals surface area contributed by atoms with Crippen molar-refractivity contribution >= 4 is 25.2 Å². The summed E-state index contributed by atoms with van der Waals surface area (Å²) in [5.41, 5.74) is 2.15. The molecule has 1 amide bonds. The molecular formula is C28H38N8O3Si. The number of piperidine rings is 1. The second-order valence-electron chi connectivity index (χ2n) is 12.9. The van der Waals surface area contributed by atoms with E-state index in [4.69, 9.17) is 9.84 Å². The third-order valence-corrected chi connectivity index (χ3v) is 10.7. The lowest BCUT2D eigenvalue weighted by Crippen LogP contribution is -2.67. The number of hydrogen-bond donors (Lipinski definition) is 1. The van der Waals surface area contributed by atoms with E-state index in [1.807, 2.05) is 33.9 Å². The lowest BCUT2D eigenvalue weighted by Gasteiger charge is -2.54. The van der Waals surface area contributed by atoms with E-state index in [9.17, 15) is 15.2 Å². The second-order valence-corrected chi connectivity index (χ2v) is 18.6. The molecule has 3 fully saturated rings. The fourth-order valence-electron chi connectivity index (χ4n) is 6.80. The molecule has 2 atom stereocenters. The molecule has 0 spiro atoms. The van der Waals surface area contributed by atoms with Gasteiger partial charge >= 0.3 is 6.09 Å². The number of carbonyl (C=O) groups is 1. The van der Waals surface area contributed by atoms with E-state index < -0.39 is 19.7 Å². The summed E-state index contributed by atoms with van der Waals surface area (Å²) in [6, 6.07) is 6.11. The predicted octanol–water partition coefficient (Wildman–Crippen LogP) is 4.21. The Morgan fingerprint density at radius 1 is 1.20 bits per heavy atom. The molecule has 3 aromatic rings. The van der Waals surface area contributed by atoms with Gasteiger partial charge in [-0.1, -0.05) is 19.6 Å². The summed E-state index contributed by atoms with van der Waals surface area (Å²) in [6.07, 6.45) is 10.6. The monoisotopic (exact) mass is 562 g/mol. The van der Waals surface area contributed by atoms with Crippen molar-refractivity contribution in [3.8, 4) is 17.3 Å². The van der Waals surface area contributed by atoms with Crippen molar-refractivity contribution in [1.29, 1.82) is 5.26 Å². The lowest BCUT2D eigenvalue weighted by molar-refractivity contribution is -0.0517. The van der Waals surface area contributed by atoms with Gasteiger partial charge in [0, 0.05) is 69.2 Å². The fraction of sp³-hybridized carbons (Fsp3) is 0.607. The Morgan fingerprint density at radius 3 is 2.62 bits per heavy atom. The van der Waals surface area contributed by atoms with Gasteiger partial charge in [-0.15, -0.1) is 0 Å². The van der Waals surface area contributed by atoms with Crippen LogP contribution in [-0.2, 0) is 17.0 Å². The second kappa shape index (κ2) is 10.3. The van der Waals surface area contributed by atoms with Crippen molar-refractivity contribution in [3.63, 3.8) is 0 Å². The van der Waals surface area contributed by atoms with Gasteiger partial charge in [-0.05, 0) is 37.8 Å². The maximum absolute atomic E-state index is 11.7. The van der Waals surface area contributed by atoms with Gasteiger partial charge in [-0.2, -0.15) is 10.4 Å². The molecular weight excluding hydrogens is 524 g/mol. The summed E-state index contributed by atoms with van der Waals surface area (Å²) in [6.45, 7) is 9.72. The number of likely N-dealkylation sites (tertiary alicyclic amines) is 1. The Balaban J connectivity index is 1.16. The van der Waals surface area contributed by atoms with Crippen molar-refractivity contribution in [3.05, 3.63) is 31.0 Å². The third-order valence-electron chi connectivity index (χ3n) is 8.97. The number of nitrogens with zero attached hydrogens (tertiary/aromatic N) is 8. The summed E-state index contributed by atoms with van der Waals surface area (Å²) in [5.74, 6) is 0. The topological polar surface area (TPSA) is 125 Å². The Morgan fingerprint density at radius 2 is 1.95 bits per heavy atom. The zero-order valence-corrected chi connectivity index (χ0v) is 24.5. The van der Waals surface area contributed by atoms with E-state index in [1.165, 1.54) is 0 Å². The van der Waals surface area contributed by atoms with E-state index >= 15 is 0 Å². The SMILES string of the molecule is C[Si](C)(C)CCOCn1ccc2c(-c3cnn(C4(CC#N)CN(C5CC6CCC(C5)N6C(=O)O)C4)c3)ncnc21. The van der Waals surface area contributed by atoms with Gasteiger partial charge in [0.1, 0.15) is 24.2 Å². The minimum Gasteiger partial charge on any atom is -0.465 e. The molecule has 2 unspecified atom stereocenters. The van der Waals surface area contributed by atoms with E-state index in [0.717, 1.165) is 73.7 Å². The smallest absolute Gasteiger partial charge is 0.407 e. The molecule has 3 aliphatic heterocycles. The van der Waals surface area contributed by atoms with Crippen LogP contribution in [0.3, 0.4) is 0 Å². The van der Waals surface area contributed by atoms with Crippen LogP contribution in [0, 0.1) is 11.3 Å². The number of hydrogen-bond acceptors (Lipinski definition) is 7. The first-order valence-corrected chi connectivity index (χ1v) is 17.9. The first kappa shape index (κ1) is 26.9. The van der Waals surface area contributed by atoms with Gasteiger partial charge in [0.15, 0.2) is 0 Å². The van der Waals surface area contributed by atoms with Crippen LogP contribution in [-0.4, -0.2) is 91.2 Å². The number of rotatable bonds is 9. The highest BCUT2D eigenvalue weighted by Crippen LogP contribution is 2.42. The van der Waals surface area contributed by atoms with Gasteiger partial charge in [0.05, 0.1) is 24.4 Å². The van der Waals surface area contributed by atoms with E-state index in [1.54, 1.807) is 11.2 Å². The van der Waals surface area contributed by atoms with Crippen LogP contribution >= 0.6 is 0 Å². The molecule has 12 heteroatoms. The molecule has 3 saturated heterocycles. The molecule has 0 saturated carbocycles. The van der Waals surface area contributed by atoms with E-state index in [-0.39, 0.29) is 12.1 Å². The quantitative estimate of drug-likeness (QED) is 0.304. The standard InChI is InChI=1S/C28H38N8O3Si/c1-40(2,3)11-10-39-19-33-9-6-24-25(30-18-31-26(24)33)20-14-32-35(15-20)28(7-8-29)16-34(17-28)23-12-21-4-5-22(13-23)36(21)27(37)38/h6,9,14-15,18,21-23H,4-5,7,10-13,16-17,19H2,1-3H3,(H,37,38). The summed E-state index contributed by atoms with van der Waals surface area (Å²) in [4.78, 5) is 24.9. The maximum atomic E-state index is 11.7. The van der Waals surface area contributed by atoms with Gasteiger partial charge < -0.3 is 19.3 Å². The minimum absolute atomic E-state index is 0.113. The highest BCUT2D eigenvalue weighted by atomic mass is 28.3. The number of ether oxygens (including phenoxy) is 1. The summed E-state index contributed by atoms with van der Waals surface area (Å²) >= 11 is 0. The van der Waals surface area contributed by atoms with Crippen molar-refractivity contribution < 1.29 is 14.6 Å². The van der Waals surface area contributed by atoms with Crippen LogP contribution in [0.25, 0.3) is 22.3 Å². The van der Waals surface area contributed by atoms with Crippen molar-refractivity contribution in [2.24, 2.45) is 0 Å². The summed E-state index contributed by atoms with van der Waals surface area (Å²) in [5, 5.41) is 25.0. The first-order valence-electron chi connectivity index (χ1n) is 14.2. The van der Waals surface area contributed by atoms with Crippen LogP contribution in [0.1, 0.15) is 32.1 Å². The number of nitriles is 1. The number of carboxylic acid groups (broad SMARTS) is 1. The van der Waals surface area contributed by atoms with Crippen molar-refractivity contribution in [1.82, 2.24) is 34.1 Å². The molecule has 3 aromatic heterocycles. The number of amides is 1. The lowest BCUT2D eigenvalue weighted by atomic mass is 9.82. The predicted molar refractivity (Wildman–Crippen MR) is 152 cm³/mol. The molecule has 0 aromatic carbocycles. The maximum Gasteiger partial charge on any atom is 0.407 e. The largest absolute Gasteiger partial charge is 0.465 e. The molecule has 2 bridgehead atoms. The Hall–Kier alpha value is -3.27. The van der Waals surface area contributed by atoms with E-state index in [2.05, 4.69) is 40.6 Å². The average Bonchev–Trinajstić information content (AvgIpc) is 3.60. The molecule has 212 valence electrons. The molecule has 6 heterocycles. The van der Waals surface area contributed by atoms with Gasteiger partial charge in [-0.25, -0.2) is 14.8 Å². The summed E-state index contributed by atoms with van der Waals surface area (Å²) in [7, 11) is -1.14. The Labute approximate surface area is 235 Å². The first-order chi connectivity index (χ1) is 19.2. The normalized spacial score (nSPS) is 24.2. The van der Waals surface area contributed by atoms with Crippen LogP contribution in [0.5, 0.6) is 0 Å². The molecule has 6 rings (SSSR count). The van der Waals surface area contributed by atoms with Crippen LogP contribution in [0.15, 0.2) is 31.0 Å². The highest BCUT2D eigenvalue weighted by Gasteiger charge is 2.52.